The zero-order valence-corrected chi connectivity index (χ0v) is 8.11. The molecular weight excluding hydrogens is 183 g/mol. The number of hydrogen-bond donors (Lipinski definition) is 1. The standard InChI is InChI=1S/C8H16F3NO/c1-4-7(3,5-12)13-6(2)8(9,10)11/h6H,4-5,12H2,1-3H3. The van der Waals surface area contributed by atoms with Crippen LogP contribution < -0.4 is 5.73 Å². The zero-order chi connectivity index (χ0) is 10.7. The Kier molecular flexibility index (Phi) is 4.19. The van der Waals surface area contributed by atoms with E-state index in [0.29, 0.717) is 6.42 Å². The summed E-state index contributed by atoms with van der Waals surface area (Å²) in [6.45, 7) is 4.40. The Hall–Kier alpha value is -0.290. The maximum atomic E-state index is 12.1. The molecule has 0 aliphatic carbocycles. The van der Waals surface area contributed by atoms with Gasteiger partial charge in [0, 0.05) is 6.54 Å². The molecule has 13 heavy (non-hydrogen) atoms. The Labute approximate surface area is 76.2 Å². The molecule has 0 aromatic rings. The molecule has 2 atom stereocenters. The van der Waals surface area contributed by atoms with Gasteiger partial charge in [0.05, 0.1) is 5.60 Å². The van der Waals surface area contributed by atoms with Crippen molar-refractivity contribution in [2.45, 2.75) is 45.1 Å². The molecule has 0 rings (SSSR count). The fourth-order valence-electron chi connectivity index (χ4n) is 0.769. The third-order valence-electron chi connectivity index (χ3n) is 2.10. The molecule has 0 radical (unpaired) electrons. The number of nitrogens with two attached hydrogens (primary N) is 1. The van der Waals surface area contributed by atoms with Crippen molar-refractivity contribution in [2.75, 3.05) is 6.54 Å². The molecule has 0 bridgehead atoms. The monoisotopic (exact) mass is 199 g/mol. The Morgan fingerprint density at radius 1 is 1.38 bits per heavy atom. The van der Waals surface area contributed by atoms with Crippen LogP contribution in [0.3, 0.4) is 0 Å². The van der Waals surface area contributed by atoms with Crippen LogP contribution in [0.5, 0.6) is 0 Å². The number of halogens is 3. The van der Waals surface area contributed by atoms with E-state index in [9.17, 15) is 13.2 Å². The molecule has 80 valence electrons. The van der Waals surface area contributed by atoms with Gasteiger partial charge < -0.3 is 10.5 Å². The van der Waals surface area contributed by atoms with Gasteiger partial charge in [-0.3, -0.25) is 0 Å². The van der Waals surface area contributed by atoms with Crippen LogP contribution in [0.15, 0.2) is 0 Å². The molecule has 0 aliphatic heterocycles. The second-order valence-electron chi connectivity index (χ2n) is 3.31. The molecule has 0 aromatic carbocycles. The van der Waals surface area contributed by atoms with Crippen molar-refractivity contribution in [2.24, 2.45) is 5.73 Å². The first-order valence-electron chi connectivity index (χ1n) is 4.20. The molecule has 2 N–H and O–H groups in total. The predicted octanol–water partition coefficient (Wildman–Crippen LogP) is 2.08. The highest BCUT2D eigenvalue weighted by Gasteiger charge is 2.40. The van der Waals surface area contributed by atoms with Crippen LogP contribution in [0.1, 0.15) is 27.2 Å². The van der Waals surface area contributed by atoms with Gasteiger partial charge >= 0.3 is 6.18 Å². The molecule has 0 saturated carbocycles. The molecule has 0 heterocycles. The summed E-state index contributed by atoms with van der Waals surface area (Å²) in [5.74, 6) is 0. The molecular formula is C8H16F3NO. The Morgan fingerprint density at radius 2 is 1.85 bits per heavy atom. The summed E-state index contributed by atoms with van der Waals surface area (Å²) in [6.07, 6.45) is -5.61. The lowest BCUT2D eigenvalue weighted by molar-refractivity contribution is -0.243. The minimum Gasteiger partial charge on any atom is -0.362 e. The molecule has 0 fully saturated rings. The van der Waals surface area contributed by atoms with Gasteiger partial charge in [-0.1, -0.05) is 6.92 Å². The average molecular weight is 199 g/mol. The summed E-state index contributed by atoms with van der Waals surface area (Å²) in [5.41, 5.74) is 4.44. The van der Waals surface area contributed by atoms with Crippen molar-refractivity contribution in [1.29, 1.82) is 0 Å². The third-order valence-corrected chi connectivity index (χ3v) is 2.10. The van der Waals surface area contributed by atoms with Crippen LogP contribution in [-0.2, 0) is 4.74 Å². The normalized spacial score (nSPS) is 19.6. The van der Waals surface area contributed by atoms with Crippen molar-refractivity contribution >= 4 is 0 Å². The molecule has 2 unspecified atom stereocenters. The highest BCUT2D eigenvalue weighted by molar-refractivity contribution is 4.77. The average Bonchev–Trinajstić information content (AvgIpc) is 2.02. The SMILES string of the molecule is CCC(C)(CN)OC(C)C(F)(F)F. The van der Waals surface area contributed by atoms with Gasteiger partial charge in [0.1, 0.15) is 0 Å². The van der Waals surface area contributed by atoms with Crippen LogP contribution in [-0.4, -0.2) is 24.4 Å². The molecule has 0 spiro atoms. The van der Waals surface area contributed by atoms with E-state index in [-0.39, 0.29) is 6.54 Å². The largest absolute Gasteiger partial charge is 0.414 e. The predicted molar refractivity (Wildman–Crippen MR) is 44.4 cm³/mol. The lowest BCUT2D eigenvalue weighted by atomic mass is 10.0. The zero-order valence-electron chi connectivity index (χ0n) is 8.11. The van der Waals surface area contributed by atoms with Crippen molar-refractivity contribution in [3.63, 3.8) is 0 Å². The second-order valence-corrected chi connectivity index (χ2v) is 3.31. The van der Waals surface area contributed by atoms with E-state index < -0.39 is 17.9 Å². The molecule has 2 nitrogen and oxygen atoms in total. The summed E-state index contributed by atoms with van der Waals surface area (Å²) in [7, 11) is 0. The van der Waals surface area contributed by atoms with Gasteiger partial charge in [0.2, 0.25) is 0 Å². The molecule has 0 amide bonds. The fourth-order valence-corrected chi connectivity index (χ4v) is 0.769. The fraction of sp³-hybridized carbons (Fsp3) is 1.00. The van der Waals surface area contributed by atoms with E-state index in [2.05, 4.69) is 0 Å². The maximum Gasteiger partial charge on any atom is 0.414 e. The van der Waals surface area contributed by atoms with E-state index in [1.807, 2.05) is 0 Å². The molecule has 5 heteroatoms. The minimum atomic E-state index is -4.31. The van der Waals surface area contributed by atoms with Crippen molar-refractivity contribution in [3.05, 3.63) is 0 Å². The van der Waals surface area contributed by atoms with E-state index in [1.54, 1.807) is 13.8 Å². The van der Waals surface area contributed by atoms with Crippen molar-refractivity contribution < 1.29 is 17.9 Å². The quantitative estimate of drug-likeness (QED) is 0.752. The maximum absolute atomic E-state index is 12.1. The van der Waals surface area contributed by atoms with Gasteiger partial charge in [0.15, 0.2) is 6.10 Å². The lowest BCUT2D eigenvalue weighted by Crippen LogP contribution is -2.43. The first-order chi connectivity index (χ1) is 5.75. The Bertz CT molecular complexity index is 154. The Balaban J connectivity index is 4.25. The highest BCUT2D eigenvalue weighted by Crippen LogP contribution is 2.27. The summed E-state index contributed by atoms with van der Waals surface area (Å²) in [6, 6.07) is 0. The van der Waals surface area contributed by atoms with Gasteiger partial charge in [-0.15, -0.1) is 0 Å². The first kappa shape index (κ1) is 12.7. The lowest BCUT2D eigenvalue weighted by Gasteiger charge is -2.31. The van der Waals surface area contributed by atoms with Crippen LogP contribution in [0, 0.1) is 0 Å². The van der Waals surface area contributed by atoms with E-state index in [4.69, 9.17) is 10.5 Å². The first-order valence-corrected chi connectivity index (χ1v) is 4.20. The molecule has 0 aromatic heterocycles. The van der Waals surface area contributed by atoms with Crippen LogP contribution in [0.25, 0.3) is 0 Å². The second kappa shape index (κ2) is 4.28. The number of ether oxygens (including phenoxy) is 1. The summed E-state index contributed by atoms with van der Waals surface area (Å²) in [4.78, 5) is 0. The van der Waals surface area contributed by atoms with Gasteiger partial charge in [-0.05, 0) is 20.3 Å². The Morgan fingerprint density at radius 3 is 2.08 bits per heavy atom. The highest BCUT2D eigenvalue weighted by atomic mass is 19.4. The van der Waals surface area contributed by atoms with Gasteiger partial charge in [-0.2, -0.15) is 13.2 Å². The van der Waals surface area contributed by atoms with E-state index in [1.165, 1.54) is 0 Å². The topological polar surface area (TPSA) is 35.2 Å². The van der Waals surface area contributed by atoms with E-state index in [0.717, 1.165) is 6.92 Å². The van der Waals surface area contributed by atoms with Gasteiger partial charge in [0.25, 0.3) is 0 Å². The molecule has 0 saturated heterocycles. The summed E-state index contributed by atoms with van der Waals surface area (Å²) >= 11 is 0. The third kappa shape index (κ3) is 3.95. The number of alkyl halides is 3. The van der Waals surface area contributed by atoms with E-state index >= 15 is 0 Å². The summed E-state index contributed by atoms with van der Waals surface area (Å²) < 4.78 is 41.1. The smallest absolute Gasteiger partial charge is 0.362 e. The van der Waals surface area contributed by atoms with Crippen molar-refractivity contribution in [1.82, 2.24) is 0 Å². The van der Waals surface area contributed by atoms with Crippen LogP contribution in [0.2, 0.25) is 0 Å². The van der Waals surface area contributed by atoms with Crippen LogP contribution in [0.4, 0.5) is 13.2 Å². The summed E-state index contributed by atoms with van der Waals surface area (Å²) in [5, 5.41) is 0. The number of hydrogen-bond acceptors (Lipinski definition) is 2. The van der Waals surface area contributed by atoms with Crippen molar-refractivity contribution in [3.8, 4) is 0 Å². The molecule has 0 aliphatic rings. The van der Waals surface area contributed by atoms with Gasteiger partial charge in [-0.25, -0.2) is 0 Å². The van der Waals surface area contributed by atoms with Crippen LogP contribution >= 0.6 is 0 Å². The number of rotatable bonds is 4. The minimum absolute atomic E-state index is 0.0872.